The van der Waals surface area contributed by atoms with E-state index in [9.17, 15) is 14.0 Å². The molecule has 25 heavy (non-hydrogen) atoms. The zero-order chi connectivity index (χ0) is 18.0. The SMILES string of the molecule is COC(=O)[C@H]1C[C@@H](C(=O)NC2CCCC2)[C@@H](c2ccccc2F)N1C. The Kier molecular flexibility index (Phi) is 5.37. The number of carbonyl (C=O) groups excluding carboxylic acids is 2. The normalized spacial score (nSPS) is 27.4. The standard InChI is InChI=1S/C19H25FN2O3/c1-22-16(19(24)25-2)11-14(18(23)21-12-7-3-4-8-12)17(22)13-9-5-6-10-15(13)20/h5-6,9-10,12,14,16-17H,3-4,7-8,11H2,1-2H3,(H,21,23)/t14-,16-,17-/m1/s1. The third kappa shape index (κ3) is 3.54. The molecule has 0 aromatic heterocycles. The second-order valence-corrected chi connectivity index (χ2v) is 7.00. The summed E-state index contributed by atoms with van der Waals surface area (Å²) in [5.41, 5.74) is 0.447. The van der Waals surface area contributed by atoms with E-state index in [1.54, 1.807) is 30.1 Å². The number of nitrogens with zero attached hydrogens (tertiary/aromatic N) is 1. The molecule has 1 aromatic rings. The lowest BCUT2D eigenvalue weighted by Gasteiger charge is -2.27. The van der Waals surface area contributed by atoms with Gasteiger partial charge in [-0.15, -0.1) is 0 Å². The Morgan fingerprint density at radius 2 is 1.92 bits per heavy atom. The first-order chi connectivity index (χ1) is 12.0. The summed E-state index contributed by atoms with van der Waals surface area (Å²) < 4.78 is 19.3. The molecule has 0 unspecified atom stereocenters. The molecule has 1 aromatic carbocycles. The number of esters is 1. The summed E-state index contributed by atoms with van der Waals surface area (Å²) in [7, 11) is 3.09. The summed E-state index contributed by atoms with van der Waals surface area (Å²) in [5, 5.41) is 3.10. The third-order valence-corrected chi connectivity index (χ3v) is 5.52. The number of hydrogen-bond acceptors (Lipinski definition) is 4. The van der Waals surface area contributed by atoms with Crippen molar-refractivity contribution in [2.24, 2.45) is 5.92 Å². The van der Waals surface area contributed by atoms with Gasteiger partial charge in [0.15, 0.2) is 0 Å². The Bertz CT molecular complexity index is 645. The molecule has 1 saturated carbocycles. The number of hydrogen-bond donors (Lipinski definition) is 1. The zero-order valence-electron chi connectivity index (χ0n) is 14.7. The Balaban J connectivity index is 1.88. The molecule has 136 valence electrons. The molecule has 1 aliphatic heterocycles. The molecule has 3 atom stereocenters. The molecule has 2 aliphatic rings. The largest absolute Gasteiger partial charge is 0.468 e. The van der Waals surface area contributed by atoms with E-state index in [1.165, 1.54) is 13.2 Å². The lowest BCUT2D eigenvalue weighted by atomic mass is 9.91. The first-order valence-corrected chi connectivity index (χ1v) is 8.87. The summed E-state index contributed by atoms with van der Waals surface area (Å²) in [6, 6.07) is 5.62. The summed E-state index contributed by atoms with van der Waals surface area (Å²) in [6.45, 7) is 0. The molecule has 2 fully saturated rings. The van der Waals surface area contributed by atoms with Crippen LogP contribution >= 0.6 is 0 Å². The van der Waals surface area contributed by atoms with Crippen molar-refractivity contribution in [3.8, 4) is 0 Å². The lowest BCUT2D eigenvalue weighted by Crippen LogP contribution is -2.39. The van der Waals surface area contributed by atoms with E-state index in [4.69, 9.17) is 4.74 Å². The van der Waals surface area contributed by atoms with E-state index in [2.05, 4.69) is 5.32 Å². The zero-order valence-corrected chi connectivity index (χ0v) is 14.7. The number of benzene rings is 1. The highest BCUT2D eigenvalue weighted by Crippen LogP contribution is 2.41. The van der Waals surface area contributed by atoms with Crippen LogP contribution in [0, 0.1) is 11.7 Å². The number of likely N-dealkylation sites (tertiary alicyclic amines) is 1. The van der Waals surface area contributed by atoms with E-state index in [1.807, 2.05) is 0 Å². The molecule has 0 bridgehead atoms. The average Bonchev–Trinajstić information content (AvgIpc) is 3.22. The van der Waals surface area contributed by atoms with Crippen LogP contribution in [0.5, 0.6) is 0 Å². The van der Waals surface area contributed by atoms with Crippen molar-refractivity contribution in [3.05, 3.63) is 35.6 Å². The fraction of sp³-hybridized carbons (Fsp3) is 0.579. The highest BCUT2D eigenvalue weighted by molar-refractivity contribution is 5.83. The van der Waals surface area contributed by atoms with Gasteiger partial charge in [0, 0.05) is 17.6 Å². The van der Waals surface area contributed by atoms with Crippen molar-refractivity contribution in [3.63, 3.8) is 0 Å². The topological polar surface area (TPSA) is 58.6 Å². The van der Waals surface area contributed by atoms with Gasteiger partial charge in [0.25, 0.3) is 0 Å². The van der Waals surface area contributed by atoms with Crippen LogP contribution in [0.4, 0.5) is 4.39 Å². The molecule has 1 N–H and O–H groups in total. The van der Waals surface area contributed by atoms with E-state index < -0.39 is 18.0 Å². The number of likely N-dealkylation sites (N-methyl/N-ethyl adjacent to an activating group) is 1. The van der Waals surface area contributed by atoms with Crippen LogP contribution in [-0.2, 0) is 14.3 Å². The maximum Gasteiger partial charge on any atom is 0.323 e. The van der Waals surface area contributed by atoms with Gasteiger partial charge in [0.2, 0.25) is 5.91 Å². The average molecular weight is 348 g/mol. The molecule has 1 heterocycles. The van der Waals surface area contributed by atoms with Crippen LogP contribution < -0.4 is 5.32 Å². The molecule has 6 heteroatoms. The van der Waals surface area contributed by atoms with Crippen molar-refractivity contribution < 1.29 is 18.7 Å². The van der Waals surface area contributed by atoms with Crippen LogP contribution in [0.15, 0.2) is 24.3 Å². The van der Waals surface area contributed by atoms with Gasteiger partial charge in [0.1, 0.15) is 11.9 Å². The van der Waals surface area contributed by atoms with Gasteiger partial charge in [-0.25, -0.2) is 4.39 Å². The summed E-state index contributed by atoms with van der Waals surface area (Å²) in [6.07, 6.45) is 4.55. The first-order valence-electron chi connectivity index (χ1n) is 8.87. The van der Waals surface area contributed by atoms with Gasteiger partial charge in [-0.3, -0.25) is 14.5 Å². The lowest BCUT2D eigenvalue weighted by molar-refractivity contribution is -0.145. The number of methoxy groups -OCH3 is 1. The maximum atomic E-state index is 14.4. The fourth-order valence-electron chi connectivity index (χ4n) is 4.19. The van der Waals surface area contributed by atoms with Crippen LogP contribution in [0.2, 0.25) is 0 Å². The Hall–Kier alpha value is -1.95. The molecular formula is C19H25FN2O3. The van der Waals surface area contributed by atoms with Crippen molar-refractivity contribution in [1.82, 2.24) is 10.2 Å². The minimum atomic E-state index is -0.547. The number of halogens is 1. The van der Waals surface area contributed by atoms with Crippen LogP contribution in [0.3, 0.4) is 0 Å². The van der Waals surface area contributed by atoms with E-state index in [0.29, 0.717) is 12.0 Å². The molecule has 5 nitrogen and oxygen atoms in total. The van der Waals surface area contributed by atoms with Gasteiger partial charge in [-0.1, -0.05) is 31.0 Å². The van der Waals surface area contributed by atoms with Crippen LogP contribution in [0.1, 0.15) is 43.7 Å². The van der Waals surface area contributed by atoms with Gasteiger partial charge in [0.05, 0.1) is 13.0 Å². The molecule has 0 radical (unpaired) electrons. The second kappa shape index (κ2) is 7.52. The second-order valence-electron chi connectivity index (χ2n) is 7.00. The predicted octanol–water partition coefficient (Wildman–Crippen LogP) is 2.42. The highest BCUT2D eigenvalue weighted by Gasteiger charge is 2.48. The molecular weight excluding hydrogens is 323 g/mol. The monoisotopic (exact) mass is 348 g/mol. The smallest absolute Gasteiger partial charge is 0.323 e. The van der Waals surface area contributed by atoms with E-state index in [-0.39, 0.29) is 23.7 Å². The highest BCUT2D eigenvalue weighted by atomic mass is 19.1. The number of rotatable bonds is 4. The number of carbonyl (C=O) groups is 2. The molecule has 1 amide bonds. The molecule has 1 aliphatic carbocycles. The number of nitrogens with one attached hydrogen (secondary N) is 1. The Morgan fingerprint density at radius 1 is 1.24 bits per heavy atom. The minimum absolute atomic E-state index is 0.0987. The van der Waals surface area contributed by atoms with Crippen molar-refractivity contribution in [2.45, 2.75) is 50.2 Å². The fourth-order valence-corrected chi connectivity index (χ4v) is 4.19. The van der Waals surface area contributed by atoms with Gasteiger partial charge in [-0.2, -0.15) is 0 Å². The summed E-state index contributed by atoms with van der Waals surface area (Å²) in [4.78, 5) is 26.8. The number of amides is 1. The Morgan fingerprint density at radius 3 is 2.56 bits per heavy atom. The van der Waals surface area contributed by atoms with Gasteiger partial charge >= 0.3 is 5.97 Å². The molecule has 0 spiro atoms. The minimum Gasteiger partial charge on any atom is -0.468 e. The summed E-state index contributed by atoms with van der Waals surface area (Å²) in [5.74, 6) is -1.33. The number of ether oxygens (including phenoxy) is 1. The predicted molar refractivity (Wildman–Crippen MR) is 91.2 cm³/mol. The quantitative estimate of drug-likeness (QED) is 0.849. The van der Waals surface area contributed by atoms with Crippen molar-refractivity contribution >= 4 is 11.9 Å². The third-order valence-electron chi connectivity index (χ3n) is 5.52. The van der Waals surface area contributed by atoms with Crippen LogP contribution in [0.25, 0.3) is 0 Å². The molecule has 1 saturated heterocycles. The Labute approximate surface area is 147 Å². The van der Waals surface area contributed by atoms with E-state index >= 15 is 0 Å². The summed E-state index contributed by atoms with van der Waals surface area (Å²) >= 11 is 0. The van der Waals surface area contributed by atoms with E-state index in [0.717, 1.165) is 25.7 Å². The van der Waals surface area contributed by atoms with Crippen molar-refractivity contribution in [2.75, 3.05) is 14.2 Å². The van der Waals surface area contributed by atoms with Crippen molar-refractivity contribution in [1.29, 1.82) is 0 Å². The first kappa shape index (κ1) is 17.9. The van der Waals surface area contributed by atoms with Crippen LogP contribution in [-0.4, -0.2) is 43.0 Å². The maximum absolute atomic E-state index is 14.4. The molecule has 3 rings (SSSR count). The van der Waals surface area contributed by atoms with Gasteiger partial charge < -0.3 is 10.1 Å². The van der Waals surface area contributed by atoms with Gasteiger partial charge in [-0.05, 0) is 32.4 Å².